The Morgan fingerprint density at radius 2 is 1.93 bits per heavy atom. The van der Waals surface area contributed by atoms with Crippen LogP contribution in [0.15, 0.2) is 24.3 Å². The second kappa shape index (κ2) is 10.3. The van der Waals surface area contributed by atoms with Gasteiger partial charge in [-0.15, -0.1) is 0 Å². The average molecular weight is 405 g/mol. The highest BCUT2D eigenvalue weighted by Crippen LogP contribution is 2.29. The van der Waals surface area contributed by atoms with Gasteiger partial charge in [-0.1, -0.05) is 24.3 Å². The third-order valence-electron chi connectivity index (χ3n) is 4.59. The number of rotatable bonds is 7. The van der Waals surface area contributed by atoms with Gasteiger partial charge in [-0.05, 0) is 64.5 Å². The summed E-state index contributed by atoms with van der Waals surface area (Å²) in [5.74, 6) is -0.769. The van der Waals surface area contributed by atoms with E-state index in [4.69, 9.17) is 9.47 Å². The van der Waals surface area contributed by atoms with Crippen LogP contribution in [0.5, 0.6) is 0 Å². The number of nitrogens with one attached hydrogen (secondary N) is 2. The van der Waals surface area contributed by atoms with Gasteiger partial charge in [0.2, 0.25) is 0 Å². The van der Waals surface area contributed by atoms with Crippen LogP contribution in [0.4, 0.5) is 4.79 Å². The molecule has 2 rings (SSSR count). The van der Waals surface area contributed by atoms with Gasteiger partial charge in [0.05, 0.1) is 6.04 Å². The first-order valence-electron chi connectivity index (χ1n) is 10.2. The zero-order valence-electron chi connectivity index (χ0n) is 17.7. The highest BCUT2D eigenvalue weighted by Gasteiger charge is 2.25. The number of hydrogen-bond acceptors (Lipinski definition) is 5. The second-order valence-electron chi connectivity index (χ2n) is 8.32. The van der Waals surface area contributed by atoms with Crippen molar-refractivity contribution in [2.75, 3.05) is 6.54 Å². The van der Waals surface area contributed by atoms with Crippen LogP contribution >= 0.6 is 0 Å². The molecule has 2 atom stereocenters. The minimum Gasteiger partial charge on any atom is -0.453 e. The molecule has 0 unspecified atom stereocenters. The fraction of sp³-hybridized carbons (Fsp3) is 0.591. The van der Waals surface area contributed by atoms with Gasteiger partial charge < -0.3 is 20.1 Å². The van der Waals surface area contributed by atoms with Crippen molar-refractivity contribution < 1.29 is 23.9 Å². The van der Waals surface area contributed by atoms with E-state index in [2.05, 4.69) is 16.7 Å². The summed E-state index contributed by atoms with van der Waals surface area (Å²) in [6.45, 7) is 7.21. The van der Waals surface area contributed by atoms with Crippen molar-refractivity contribution in [3.05, 3.63) is 35.4 Å². The highest BCUT2D eigenvalue weighted by atomic mass is 16.6. The van der Waals surface area contributed by atoms with Gasteiger partial charge in [-0.3, -0.25) is 9.59 Å². The average Bonchev–Trinajstić information content (AvgIpc) is 2.64. The van der Waals surface area contributed by atoms with Gasteiger partial charge >= 0.3 is 12.1 Å². The molecule has 0 fully saturated rings. The Hall–Kier alpha value is -2.57. The number of alkyl carbamates (subject to hydrolysis) is 1. The van der Waals surface area contributed by atoms with Crippen LogP contribution in [-0.2, 0) is 25.5 Å². The fourth-order valence-electron chi connectivity index (χ4n) is 3.24. The molecule has 0 heterocycles. The van der Waals surface area contributed by atoms with Crippen molar-refractivity contribution in [1.29, 1.82) is 0 Å². The topological polar surface area (TPSA) is 93.7 Å². The predicted molar refractivity (Wildman–Crippen MR) is 109 cm³/mol. The van der Waals surface area contributed by atoms with Gasteiger partial charge in [0.1, 0.15) is 5.60 Å². The van der Waals surface area contributed by atoms with E-state index in [1.165, 1.54) is 5.56 Å². The molecule has 1 aromatic carbocycles. The molecule has 29 heavy (non-hydrogen) atoms. The quantitative estimate of drug-likeness (QED) is 0.536. The van der Waals surface area contributed by atoms with Crippen LogP contribution in [0.3, 0.4) is 0 Å². The molecule has 2 N–H and O–H groups in total. The van der Waals surface area contributed by atoms with Gasteiger partial charge in [0.15, 0.2) is 6.10 Å². The van der Waals surface area contributed by atoms with E-state index in [1.54, 1.807) is 27.7 Å². The van der Waals surface area contributed by atoms with Crippen molar-refractivity contribution in [3.63, 3.8) is 0 Å². The lowest BCUT2D eigenvalue weighted by Crippen LogP contribution is -2.39. The van der Waals surface area contributed by atoms with E-state index in [0.29, 0.717) is 13.0 Å². The molecule has 0 aromatic heterocycles. The lowest BCUT2D eigenvalue weighted by Gasteiger charge is -2.27. The molecule has 7 heteroatoms. The van der Waals surface area contributed by atoms with Crippen LogP contribution in [0.2, 0.25) is 0 Å². The smallest absolute Gasteiger partial charge is 0.407 e. The van der Waals surface area contributed by atoms with Crippen molar-refractivity contribution in [2.24, 2.45) is 0 Å². The minimum absolute atomic E-state index is 0.0494. The molecule has 1 aliphatic rings. The minimum atomic E-state index is -0.865. The summed E-state index contributed by atoms with van der Waals surface area (Å²) < 4.78 is 10.4. The molecule has 1 aliphatic carbocycles. The van der Waals surface area contributed by atoms with Crippen molar-refractivity contribution in [1.82, 2.24) is 10.6 Å². The third kappa shape index (κ3) is 7.75. The first-order valence-corrected chi connectivity index (χ1v) is 10.2. The summed E-state index contributed by atoms with van der Waals surface area (Å²) in [6, 6.07) is 8.05. The Balaban J connectivity index is 1.70. The molecule has 160 valence electrons. The van der Waals surface area contributed by atoms with Crippen LogP contribution in [0.25, 0.3) is 0 Å². The van der Waals surface area contributed by atoms with E-state index in [9.17, 15) is 14.4 Å². The maximum absolute atomic E-state index is 12.4. The molecule has 0 saturated carbocycles. The first-order chi connectivity index (χ1) is 13.7. The summed E-state index contributed by atoms with van der Waals surface area (Å²) in [5, 5.41) is 5.58. The van der Waals surface area contributed by atoms with Crippen molar-refractivity contribution in [3.8, 4) is 0 Å². The first kappa shape index (κ1) is 22.7. The summed E-state index contributed by atoms with van der Waals surface area (Å²) in [6.07, 6.45) is 2.04. The largest absolute Gasteiger partial charge is 0.453 e. The number of ether oxygens (including phenoxy) is 2. The lowest BCUT2D eigenvalue weighted by atomic mass is 9.87. The summed E-state index contributed by atoms with van der Waals surface area (Å²) in [5.41, 5.74) is 1.83. The molecule has 2 amide bonds. The Morgan fingerprint density at radius 3 is 2.66 bits per heavy atom. The van der Waals surface area contributed by atoms with Crippen molar-refractivity contribution in [2.45, 2.75) is 77.5 Å². The molecule has 1 aromatic rings. The Bertz CT molecular complexity index is 726. The third-order valence-corrected chi connectivity index (χ3v) is 4.59. The highest BCUT2D eigenvalue weighted by molar-refractivity contribution is 5.83. The monoisotopic (exact) mass is 404 g/mol. The Kier molecular flexibility index (Phi) is 8.05. The Labute approximate surface area is 172 Å². The summed E-state index contributed by atoms with van der Waals surface area (Å²) in [7, 11) is 0. The van der Waals surface area contributed by atoms with Crippen molar-refractivity contribution >= 4 is 18.0 Å². The molecule has 0 aliphatic heterocycles. The van der Waals surface area contributed by atoms with E-state index in [1.807, 2.05) is 18.2 Å². The van der Waals surface area contributed by atoms with E-state index in [-0.39, 0.29) is 18.4 Å². The summed E-state index contributed by atoms with van der Waals surface area (Å²) >= 11 is 0. The SMILES string of the molecule is C[C@@H](OC(=O)CCCNC(=O)OC(C)(C)C)C(=O)N[C@H]1CCCc2ccccc21. The number of benzene rings is 1. The fourth-order valence-corrected chi connectivity index (χ4v) is 3.24. The van der Waals surface area contributed by atoms with E-state index < -0.39 is 23.8 Å². The predicted octanol–water partition coefficient (Wildman–Crippen LogP) is 3.42. The number of amides is 2. The molecular formula is C22H32N2O5. The number of hydrogen-bond donors (Lipinski definition) is 2. The van der Waals surface area contributed by atoms with Crippen LogP contribution in [0, 0.1) is 0 Å². The van der Waals surface area contributed by atoms with Gasteiger partial charge in [0.25, 0.3) is 5.91 Å². The molecule has 0 radical (unpaired) electrons. The van der Waals surface area contributed by atoms with Crippen LogP contribution < -0.4 is 10.6 Å². The zero-order valence-corrected chi connectivity index (χ0v) is 17.7. The number of esters is 1. The second-order valence-corrected chi connectivity index (χ2v) is 8.32. The van der Waals surface area contributed by atoms with Crippen LogP contribution in [0.1, 0.15) is 70.5 Å². The van der Waals surface area contributed by atoms with Gasteiger partial charge in [-0.2, -0.15) is 0 Å². The number of carbonyl (C=O) groups excluding carboxylic acids is 3. The number of aryl methyl sites for hydroxylation is 1. The summed E-state index contributed by atoms with van der Waals surface area (Å²) in [4.78, 5) is 36.0. The molecule has 0 spiro atoms. The maximum Gasteiger partial charge on any atom is 0.407 e. The van der Waals surface area contributed by atoms with E-state index in [0.717, 1.165) is 24.8 Å². The van der Waals surface area contributed by atoms with Crippen LogP contribution in [-0.4, -0.2) is 36.2 Å². The van der Waals surface area contributed by atoms with Gasteiger partial charge in [0, 0.05) is 13.0 Å². The normalized spacial score (nSPS) is 16.9. The Morgan fingerprint density at radius 1 is 1.21 bits per heavy atom. The zero-order chi connectivity index (χ0) is 21.4. The molecule has 0 saturated heterocycles. The molecular weight excluding hydrogens is 372 g/mol. The number of carbonyl (C=O) groups is 3. The van der Waals surface area contributed by atoms with E-state index >= 15 is 0 Å². The molecule has 7 nitrogen and oxygen atoms in total. The maximum atomic E-state index is 12.4. The standard InChI is InChI=1S/C22H32N2O5/c1-15(28-19(25)13-8-14-23-21(27)29-22(2,3)4)20(26)24-18-12-7-10-16-9-5-6-11-17(16)18/h5-6,9,11,15,18H,7-8,10,12-14H2,1-4H3,(H,23,27)(H,24,26)/t15-,18+/m1/s1. The number of fused-ring (bicyclic) bond motifs is 1. The lowest BCUT2D eigenvalue weighted by molar-refractivity contribution is -0.155. The molecule has 0 bridgehead atoms. The van der Waals surface area contributed by atoms with Gasteiger partial charge in [-0.25, -0.2) is 4.79 Å².